The Balaban J connectivity index is 1.86. The van der Waals surface area contributed by atoms with E-state index in [2.05, 4.69) is 42.2 Å². The molecule has 3 rings (SSSR count). The number of phenols is 1. The summed E-state index contributed by atoms with van der Waals surface area (Å²) in [6, 6.07) is -7.06. The number of nitrogens with zero attached hydrogens (tertiary/aromatic N) is 3. The van der Waals surface area contributed by atoms with Gasteiger partial charge in [0, 0.05) is 32.5 Å². The number of unbranched alkanes of at least 4 members (excludes halogenated alkanes) is 1. The summed E-state index contributed by atoms with van der Waals surface area (Å²) in [5.74, 6) is -9.35. The van der Waals surface area contributed by atoms with Gasteiger partial charge in [-0.15, -0.1) is 0 Å². The van der Waals surface area contributed by atoms with Crippen molar-refractivity contribution in [2.24, 2.45) is 45.5 Å². The number of guanidine groups is 1. The molecule has 0 aliphatic carbocycles. The highest BCUT2D eigenvalue weighted by Crippen LogP contribution is 2.24. The van der Waals surface area contributed by atoms with Crippen LogP contribution in [0.15, 0.2) is 29.3 Å². The van der Waals surface area contributed by atoms with Crippen molar-refractivity contribution in [1.82, 2.24) is 47.0 Å². The minimum absolute atomic E-state index is 0.0165. The van der Waals surface area contributed by atoms with Crippen LogP contribution in [-0.2, 0) is 59.2 Å². The van der Waals surface area contributed by atoms with Crippen LogP contribution in [0.3, 0.4) is 0 Å². The molecular weight excluding hydrogens is 1140 g/mol. The fraction of sp³-hybridized carbons (Fsp3) is 0.679. The van der Waals surface area contributed by atoms with Crippen LogP contribution in [0.25, 0.3) is 0 Å². The summed E-state index contributed by atoms with van der Waals surface area (Å²) in [6.07, 6.45) is 2.15. The molecule has 0 saturated carbocycles. The number of hydrogen-bond donors (Lipinski definition) is 15. The largest absolute Gasteiger partial charge is 0.508 e. The lowest BCUT2D eigenvalue weighted by atomic mass is 10.00. The van der Waals surface area contributed by atoms with Gasteiger partial charge in [-0.3, -0.25) is 52.9 Å². The van der Waals surface area contributed by atoms with Crippen LogP contribution in [-0.4, -0.2) is 201 Å². The number of aliphatic carboxylic acids is 1. The number of carbonyl (C=O) groups excluding carboxylic acids is 10. The molecule has 2 aliphatic heterocycles. The van der Waals surface area contributed by atoms with E-state index in [9.17, 15) is 68.1 Å². The Morgan fingerprint density at radius 1 is 0.640 bits per heavy atom. The Hall–Kier alpha value is -7.31. The van der Waals surface area contributed by atoms with Gasteiger partial charge in [0.25, 0.3) is 0 Å². The van der Waals surface area contributed by atoms with Crippen LogP contribution in [0.2, 0.25) is 0 Å². The first-order valence-electron chi connectivity index (χ1n) is 29.3. The van der Waals surface area contributed by atoms with Gasteiger partial charge in [-0.25, -0.2) is 4.79 Å². The molecule has 30 heteroatoms. The second-order valence-electron chi connectivity index (χ2n) is 22.6. The number of aliphatic imine (C=N–C) groups is 1. The molecular formula is C56H93N15O14S. The van der Waals surface area contributed by atoms with E-state index in [1.54, 1.807) is 20.1 Å². The quantitative estimate of drug-likeness (QED) is 0.0179. The molecule has 2 fully saturated rings. The number of benzene rings is 1. The Morgan fingerprint density at radius 3 is 1.71 bits per heavy atom. The molecule has 0 bridgehead atoms. The van der Waals surface area contributed by atoms with Crippen LogP contribution in [0, 0.1) is 11.8 Å². The van der Waals surface area contributed by atoms with Gasteiger partial charge in [0.05, 0.1) is 12.1 Å². The first kappa shape index (κ1) is 72.9. The summed E-state index contributed by atoms with van der Waals surface area (Å²) in [5, 5.41) is 49.1. The standard InChI is InChI=1S/C56H93N15O14S/c1-30(2)28-39(66-51(80)42-15-11-26-71(42)54(83)44(31(3)4)68-46(75)35(58)20-21-43(59)74)48(77)64-37(13-9-24-62-56(60)61)53(82)70-25-10-14-41(70)50(79)63-36(22-27-86-6)47(76)69-45(32(5)72)52(81)67-40(29-33-16-18-34(73)19-17-33)49(78)65-38(55(84)85)12-7-8-23-57/h16-19,30-32,35-42,44-45,72-73H,7-15,20-29,57-58H2,1-6H3,(H2,59,74)(H,63,79)(H,64,77)(H,65,78)(H,66,80)(H,67,81)(H,68,75)(H,69,76)(H,84,85)(H4,60,61,62)/t32-,35+,36+,37+,38+,39+,40+,41+,42+,44+,45+/m1/s1. The van der Waals surface area contributed by atoms with Crippen molar-refractivity contribution in [3.05, 3.63) is 29.8 Å². The minimum Gasteiger partial charge on any atom is -0.508 e. The van der Waals surface area contributed by atoms with Gasteiger partial charge in [0.2, 0.25) is 59.1 Å². The number of nitrogens with one attached hydrogen (secondary N) is 7. The average molecular weight is 1230 g/mol. The molecule has 0 radical (unpaired) electrons. The fourth-order valence-electron chi connectivity index (χ4n) is 9.98. The number of phenolic OH excluding ortho intramolecular Hbond substituents is 1. The molecule has 0 spiro atoms. The number of likely N-dealkylation sites (tertiary alicyclic amines) is 2. The number of aromatic hydroxyl groups is 1. The lowest BCUT2D eigenvalue weighted by Gasteiger charge is -2.33. The molecule has 1 aromatic carbocycles. The van der Waals surface area contributed by atoms with E-state index in [-0.39, 0.29) is 101 Å². The van der Waals surface area contributed by atoms with Crippen LogP contribution < -0.4 is 65.9 Å². The number of carbonyl (C=O) groups is 11. The van der Waals surface area contributed by atoms with Crippen molar-refractivity contribution in [2.75, 3.05) is 38.2 Å². The maximum Gasteiger partial charge on any atom is 0.326 e. The molecule has 20 N–H and O–H groups in total. The Labute approximate surface area is 506 Å². The second kappa shape index (κ2) is 36.6. The summed E-state index contributed by atoms with van der Waals surface area (Å²) in [6.45, 7) is 8.88. The first-order chi connectivity index (χ1) is 40.6. The van der Waals surface area contributed by atoms with Gasteiger partial charge in [-0.1, -0.05) is 39.8 Å². The van der Waals surface area contributed by atoms with Gasteiger partial charge in [0.15, 0.2) is 5.96 Å². The third kappa shape index (κ3) is 23.9. The van der Waals surface area contributed by atoms with Crippen molar-refractivity contribution in [1.29, 1.82) is 0 Å². The maximum absolute atomic E-state index is 14.8. The monoisotopic (exact) mass is 1230 g/mol. The third-order valence-corrected chi connectivity index (χ3v) is 15.4. The maximum atomic E-state index is 14.8. The summed E-state index contributed by atoms with van der Waals surface area (Å²) >= 11 is 1.34. The highest BCUT2D eigenvalue weighted by atomic mass is 32.2. The molecule has 2 aliphatic rings. The third-order valence-electron chi connectivity index (χ3n) is 14.7. The molecule has 11 atom stereocenters. The number of aliphatic hydroxyl groups is 1. The first-order valence-corrected chi connectivity index (χ1v) is 30.7. The van der Waals surface area contributed by atoms with E-state index in [0.717, 1.165) is 0 Å². The number of amides is 10. The van der Waals surface area contributed by atoms with Gasteiger partial charge in [0.1, 0.15) is 60.1 Å². The predicted octanol–water partition coefficient (Wildman–Crippen LogP) is -2.99. The molecule has 0 aromatic heterocycles. The summed E-state index contributed by atoms with van der Waals surface area (Å²) in [7, 11) is 0. The van der Waals surface area contributed by atoms with Gasteiger partial charge in [-0.2, -0.15) is 11.8 Å². The van der Waals surface area contributed by atoms with Crippen molar-refractivity contribution < 1.29 is 68.1 Å². The molecule has 1 aromatic rings. The molecule has 482 valence electrons. The molecule has 86 heavy (non-hydrogen) atoms. The summed E-state index contributed by atoms with van der Waals surface area (Å²) in [5.41, 5.74) is 28.4. The van der Waals surface area contributed by atoms with Gasteiger partial charge in [-0.05, 0) is 132 Å². The van der Waals surface area contributed by atoms with Crippen LogP contribution in [0.4, 0.5) is 0 Å². The fourth-order valence-corrected chi connectivity index (χ4v) is 10.5. The summed E-state index contributed by atoms with van der Waals surface area (Å²) in [4.78, 5) is 157. The van der Waals surface area contributed by atoms with E-state index < -0.39 is 137 Å². The molecule has 2 saturated heterocycles. The number of carboxylic acids is 1. The molecule has 0 unspecified atom stereocenters. The lowest BCUT2D eigenvalue weighted by molar-refractivity contribution is -0.144. The van der Waals surface area contributed by atoms with Crippen LogP contribution in [0.1, 0.15) is 124 Å². The lowest BCUT2D eigenvalue weighted by Crippen LogP contribution is -2.62. The highest BCUT2D eigenvalue weighted by Gasteiger charge is 2.43. The summed E-state index contributed by atoms with van der Waals surface area (Å²) < 4.78 is 0. The Bertz CT molecular complexity index is 2500. The van der Waals surface area contributed by atoms with Crippen molar-refractivity contribution in [2.45, 2.75) is 191 Å². The topological polar surface area (TPSA) is 482 Å². The van der Waals surface area contributed by atoms with Crippen molar-refractivity contribution in [3.63, 3.8) is 0 Å². The van der Waals surface area contributed by atoms with E-state index in [4.69, 9.17) is 28.7 Å². The molecule has 29 nitrogen and oxygen atoms in total. The Kier molecular flexibility index (Phi) is 31.1. The van der Waals surface area contributed by atoms with Crippen LogP contribution in [0.5, 0.6) is 5.75 Å². The predicted molar refractivity (Wildman–Crippen MR) is 321 cm³/mol. The van der Waals surface area contributed by atoms with E-state index in [1.165, 1.54) is 52.8 Å². The van der Waals surface area contributed by atoms with Crippen LogP contribution >= 0.6 is 11.8 Å². The normalized spacial score (nSPS) is 18.0. The SMILES string of the molecule is CSCC[C@H](NC(=O)[C@@H]1CCCN1C(=O)[C@H](CCCN=C(N)N)NC(=O)[C@H](CC(C)C)NC(=O)[C@@H]1CCCN1C(=O)[C@@H](NC(=O)[C@@H](N)CCC(N)=O)C(C)C)C(=O)N[C@H](C(=O)N[C@@H](Cc1ccc(O)cc1)C(=O)N[C@@H](CCCCN)C(=O)O)[C@@H](C)O. The van der Waals surface area contributed by atoms with E-state index in [0.29, 0.717) is 43.5 Å². The van der Waals surface area contributed by atoms with Gasteiger partial charge >= 0.3 is 5.97 Å². The zero-order valence-electron chi connectivity index (χ0n) is 50.2. The van der Waals surface area contributed by atoms with Crippen molar-refractivity contribution in [3.8, 4) is 5.75 Å². The second-order valence-corrected chi connectivity index (χ2v) is 23.6. The minimum atomic E-state index is -1.72. The van der Waals surface area contributed by atoms with Crippen molar-refractivity contribution >= 4 is 82.8 Å². The zero-order valence-corrected chi connectivity index (χ0v) is 51.0. The highest BCUT2D eigenvalue weighted by molar-refractivity contribution is 7.98. The average Bonchev–Trinajstić information content (AvgIpc) is 2.70. The number of carboxylic acid groups (broad SMARTS) is 1. The number of nitrogens with two attached hydrogens (primary N) is 5. The van der Waals surface area contributed by atoms with Gasteiger partial charge < -0.3 is 91.0 Å². The van der Waals surface area contributed by atoms with E-state index in [1.807, 2.05) is 13.8 Å². The number of aliphatic hydroxyl groups excluding tert-OH is 1. The number of primary amides is 1. The number of hydrogen-bond acceptors (Lipinski definition) is 17. The number of thioether (sulfide) groups is 1. The van der Waals surface area contributed by atoms with E-state index >= 15 is 0 Å². The number of rotatable bonds is 37. The Morgan fingerprint density at radius 2 is 1.17 bits per heavy atom. The smallest absolute Gasteiger partial charge is 0.326 e. The molecule has 2 heterocycles. The zero-order chi connectivity index (χ0) is 64.4. The molecule has 10 amide bonds.